The lowest BCUT2D eigenvalue weighted by Crippen LogP contribution is -2.68. The number of amides is 2. The summed E-state index contributed by atoms with van der Waals surface area (Å²) in [5.41, 5.74) is 0. The lowest BCUT2D eigenvalue weighted by atomic mass is 9.95. The average Bonchev–Trinajstić information content (AvgIpc) is 0.787. The van der Waals surface area contributed by atoms with E-state index in [2.05, 4.69) is 52.2 Å². The fraction of sp³-hybridized carbons (Fsp3) is 0.938. The fourth-order valence-corrected chi connectivity index (χ4v) is 17.3. The number of phosphoric acid groups is 1. The summed E-state index contributed by atoms with van der Waals surface area (Å²) >= 11 is 0. The number of nitrogens with one attached hydrogen (secondary N) is 2. The maximum absolute atomic E-state index is 14.8. The highest BCUT2D eigenvalue weighted by atomic mass is 31.2. The van der Waals surface area contributed by atoms with Crippen molar-refractivity contribution in [2.24, 2.45) is 0 Å². The number of carbonyl (C=O) groups excluding carboxylic acids is 6. The number of carbonyl (C=O) groups is 6. The number of hydrogen-bond acceptors (Lipinski definition) is 20. The van der Waals surface area contributed by atoms with Crippen molar-refractivity contribution in [2.45, 2.75) is 564 Å². The zero-order chi connectivity index (χ0) is 88.6. The Morgan fingerprint density at radius 3 is 1.02 bits per heavy atom. The van der Waals surface area contributed by atoms with Crippen LogP contribution >= 0.6 is 7.82 Å². The van der Waals surface area contributed by atoms with Gasteiger partial charge in [0.25, 0.3) is 0 Å². The first-order valence-electron chi connectivity index (χ1n) is 50.0. The molecule has 2 rings (SSSR count). The standard InChI is InChI=1S/C96H181N2O22P/c1-7-13-19-25-31-37-38-39-40-46-52-58-63-69-85(104)114-79(67-61-55-49-43-34-28-22-16-10-4)73-84(103)97-89-93(118-87(106)72-78(101)66-60-54-48-42-33-27-21-15-9-3)91(108)82(116-95(89)109)76-113-96-90(98-83(102)71-77(100)65-59-53-47-41-32-26-20-14-8-2)94(92(81(75-99)117-96)120-121(110,111)112)119-88(107)74-80(68-62-56-50-44-35-29-23-17-11-5)115-86(105)70-64-57-51-45-36-30-24-18-12-6/h77-82,89-96,99-101,108-109H,7-76H2,1-6H3,(H,97,103)(H,98,102)(H2,110,111,112)/t77?,78?,79?,80?,81?,82?,89-,90-,91+,92?,93?,94?,95?,96+/m0/s1. The lowest BCUT2D eigenvalue weighted by Gasteiger charge is -2.46. The van der Waals surface area contributed by atoms with Crippen molar-refractivity contribution >= 4 is 43.5 Å². The molecule has 2 saturated heterocycles. The van der Waals surface area contributed by atoms with Crippen LogP contribution < -0.4 is 10.6 Å². The largest absolute Gasteiger partial charge is 0.470 e. The second kappa shape index (κ2) is 76.6. The third-order valence-electron chi connectivity index (χ3n) is 24.1. The van der Waals surface area contributed by atoms with Crippen molar-refractivity contribution in [2.75, 3.05) is 13.2 Å². The van der Waals surface area contributed by atoms with E-state index in [4.69, 9.17) is 37.7 Å². The molecule has 0 aromatic rings. The van der Waals surface area contributed by atoms with Gasteiger partial charge < -0.3 is 79.1 Å². The Balaban J connectivity index is 2.65. The lowest BCUT2D eigenvalue weighted by molar-refractivity contribution is -0.298. The van der Waals surface area contributed by atoms with E-state index in [0.717, 1.165) is 212 Å². The Morgan fingerprint density at radius 2 is 0.653 bits per heavy atom. The van der Waals surface area contributed by atoms with Crippen molar-refractivity contribution in [1.82, 2.24) is 10.6 Å². The topological polar surface area (TPSA) is 359 Å². The zero-order valence-corrected chi connectivity index (χ0v) is 78.2. The molecule has 14 atom stereocenters. The Hall–Kier alpha value is -3.39. The normalized spacial score (nSPS) is 20.4. The molecule has 2 fully saturated rings. The third-order valence-corrected chi connectivity index (χ3v) is 24.6. The molecule has 9 N–H and O–H groups in total. The van der Waals surface area contributed by atoms with Crippen LogP contribution in [0.15, 0.2) is 0 Å². The summed E-state index contributed by atoms with van der Waals surface area (Å²) in [5.74, 6) is -4.50. The number of esters is 4. The molecule has 0 radical (unpaired) electrons. The predicted octanol–water partition coefficient (Wildman–Crippen LogP) is 21.3. The molecule has 10 unspecified atom stereocenters. The summed E-state index contributed by atoms with van der Waals surface area (Å²) in [7, 11) is -5.59. The smallest absolute Gasteiger partial charge is 0.462 e. The van der Waals surface area contributed by atoms with E-state index in [0.29, 0.717) is 44.9 Å². The van der Waals surface area contributed by atoms with Crippen LogP contribution in [0.1, 0.15) is 478 Å². The van der Waals surface area contributed by atoms with Gasteiger partial charge in [-0.2, -0.15) is 0 Å². The first-order valence-corrected chi connectivity index (χ1v) is 51.5. The average molecular weight is 1750 g/mol. The maximum atomic E-state index is 14.8. The number of aliphatic hydroxyl groups excluding tert-OH is 5. The number of phosphoric ester groups is 1. The molecule has 0 aliphatic carbocycles. The molecule has 24 nitrogen and oxygen atoms in total. The van der Waals surface area contributed by atoms with Gasteiger partial charge in [-0.3, -0.25) is 33.3 Å². The van der Waals surface area contributed by atoms with Gasteiger partial charge in [0.2, 0.25) is 11.8 Å². The van der Waals surface area contributed by atoms with Crippen LogP contribution in [0, 0.1) is 0 Å². The SMILES string of the molecule is CCCCCCCCCCCCCCCC(=O)OC(CCCCCCCCCCC)CC(=O)N[C@@H]1C(O)OC(CO[C@@H]2OC(CO)C(OP(=O)(O)O)C(OC(=O)CC(CCCCCCCCCCC)OC(=O)CCCCCCCCCCC)[C@@H]2NC(=O)CC(O)CCCCCCCCCCC)[C@@H](O)C1OC(=O)CC(O)CCCCCCCCCCC. The summed E-state index contributed by atoms with van der Waals surface area (Å²) < 4.78 is 61.4. The maximum Gasteiger partial charge on any atom is 0.470 e. The summed E-state index contributed by atoms with van der Waals surface area (Å²) in [6.07, 6.45) is 41.2. The van der Waals surface area contributed by atoms with Crippen molar-refractivity contribution < 1.29 is 106 Å². The van der Waals surface area contributed by atoms with Gasteiger partial charge in [-0.25, -0.2) is 4.57 Å². The molecule has 2 aliphatic heterocycles. The Kier molecular flexibility index (Phi) is 72.0. The van der Waals surface area contributed by atoms with Crippen LogP contribution in [0.25, 0.3) is 0 Å². The van der Waals surface area contributed by atoms with Crippen LogP contribution in [-0.2, 0) is 71.0 Å². The van der Waals surface area contributed by atoms with Gasteiger partial charge in [-0.05, 0) is 51.4 Å². The highest BCUT2D eigenvalue weighted by Crippen LogP contribution is 2.43. The number of hydrogen-bond donors (Lipinski definition) is 9. The summed E-state index contributed by atoms with van der Waals surface area (Å²) in [6, 6.07) is -3.47. The predicted molar refractivity (Wildman–Crippen MR) is 479 cm³/mol. The number of ether oxygens (including phenoxy) is 7. The molecule has 2 amide bonds. The minimum atomic E-state index is -5.59. The minimum Gasteiger partial charge on any atom is -0.462 e. The van der Waals surface area contributed by atoms with E-state index in [1.54, 1.807) is 0 Å². The van der Waals surface area contributed by atoms with Crippen LogP contribution in [0.4, 0.5) is 0 Å². The molecule has 0 saturated carbocycles. The molecule has 0 bridgehead atoms. The fourth-order valence-electron chi connectivity index (χ4n) is 16.7. The van der Waals surface area contributed by atoms with E-state index in [-0.39, 0.29) is 38.5 Å². The highest BCUT2D eigenvalue weighted by Gasteiger charge is 2.54. The van der Waals surface area contributed by atoms with Gasteiger partial charge in [0, 0.05) is 12.8 Å². The Morgan fingerprint density at radius 1 is 0.347 bits per heavy atom. The molecule has 0 aromatic carbocycles. The second-order valence-electron chi connectivity index (χ2n) is 35.7. The van der Waals surface area contributed by atoms with Gasteiger partial charge >= 0.3 is 31.7 Å². The van der Waals surface area contributed by atoms with Crippen LogP contribution in [0.3, 0.4) is 0 Å². The zero-order valence-electron chi connectivity index (χ0n) is 77.3. The number of rotatable bonds is 84. The van der Waals surface area contributed by atoms with Gasteiger partial charge in [0.1, 0.15) is 48.7 Å². The van der Waals surface area contributed by atoms with E-state index >= 15 is 0 Å². The van der Waals surface area contributed by atoms with Gasteiger partial charge in [0.15, 0.2) is 24.8 Å². The van der Waals surface area contributed by atoms with Gasteiger partial charge in [0.05, 0.1) is 51.1 Å². The van der Waals surface area contributed by atoms with Crippen LogP contribution in [0.2, 0.25) is 0 Å². The van der Waals surface area contributed by atoms with Crippen LogP contribution in [0.5, 0.6) is 0 Å². The third kappa shape index (κ3) is 60.9. The highest BCUT2D eigenvalue weighted by molar-refractivity contribution is 7.46. The first kappa shape index (κ1) is 114. The van der Waals surface area contributed by atoms with Crippen LogP contribution in [-0.4, -0.2) is 170 Å². The quantitative estimate of drug-likeness (QED) is 0.0118. The summed E-state index contributed by atoms with van der Waals surface area (Å²) in [4.78, 5) is 106. The number of aliphatic hydroxyl groups is 5. The molecule has 0 spiro atoms. The molecular weight excluding hydrogens is 1560 g/mol. The monoisotopic (exact) mass is 1750 g/mol. The number of unbranched alkanes of at least 4 members (excludes halogenated alkanes) is 52. The van der Waals surface area contributed by atoms with Gasteiger partial charge in [-0.15, -0.1) is 0 Å². The summed E-state index contributed by atoms with van der Waals surface area (Å²) in [5, 5.41) is 63.8. The van der Waals surface area contributed by atoms with E-state index in [1.807, 2.05) is 0 Å². The van der Waals surface area contributed by atoms with E-state index in [9.17, 15) is 68.7 Å². The van der Waals surface area contributed by atoms with Crippen molar-refractivity contribution in [1.29, 1.82) is 0 Å². The molecule has 25 heteroatoms. The summed E-state index contributed by atoms with van der Waals surface area (Å²) in [6.45, 7) is 11.3. The Labute approximate surface area is 733 Å². The molecule has 2 heterocycles. The first-order chi connectivity index (χ1) is 58.6. The minimum absolute atomic E-state index is 0.114. The van der Waals surface area contributed by atoms with E-state index < -0.39 is 162 Å². The molecular formula is C96H181N2O22P. The molecule has 712 valence electrons. The van der Waals surface area contributed by atoms with Crippen molar-refractivity contribution in [3.63, 3.8) is 0 Å². The van der Waals surface area contributed by atoms with Crippen molar-refractivity contribution in [3.8, 4) is 0 Å². The van der Waals surface area contributed by atoms with Gasteiger partial charge in [-0.1, -0.05) is 388 Å². The second-order valence-corrected chi connectivity index (χ2v) is 36.8. The van der Waals surface area contributed by atoms with E-state index in [1.165, 1.54) is 122 Å². The Bertz CT molecular complexity index is 2550. The molecule has 2 aliphatic rings. The molecule has 0 aromatic heterocycles. The molecule has 121 heavy (non-hydrogen) atoms. The van der Waals surface area contributed by atoms with Crippen molar-refractivity contribution in [3.05, 3.63) is 0 Å².